The Labute approximate surface area is 155 Å². The van der Waals surface area contributed by atoms with E-state index in [2.05, 4.69) is 10.9 Å². The Balaban J connectivity index is 1.46. The van der Waals surface area contributed by atoms with Crippen LogP contribution in [0, 0.1) is 13.8 Å². The van der Waals surface area contributed by atoms with Gasteiger partial charge in [-0.05, 0) is 37.4 Å². The van der Waals surface area contributed by atoms with Gasteiger partial charge in [-0.1, -0.05) is 36.4 Å². The van der Waals surface area contributed by atoms with Crippen molar-refractivity contribution in [1.82, 2.24) is 15.4 Å². The molecule has 0 spiro atoms. The SMILES string of the molecule is Cc1c(C(=O)NNC(=O)Cn2c(C)cc3ccccc32)oc2ccccc12. The quantitative estimate of drug-likeness (QED) is 0.549. The van der Waals surface area contributed by atoms with Gasteiger partial charge in [0.2, 0.25) is 0 Å². The summed E-state index contributed by atoms with van der Waals surface area (Å²) in [6.45, 7) is 3.88. The van der Waals surface area contributed by atoms with E-state index >= 15 is 0 Å². The lowest BCUT2D eigenvalue weighted by Crippen LogP contribution is -2.43. The number of para-hydroxylation sites is 2. The molecule has 0 aliphatic carbocycles. The summed E-state index contributed by atoms with van der Waals surface area (Å²) < 4.78 is 7.51. The van der Waals surface area contributed by atoms with Crippen LogP contribution in [0.25, 0.3) is 21.9 Å². The molecular formula is C21H19N3O3. The van der Waals surface area contributed by atoms with Crippen LogP contribution in [-0.2, 0) is 11.3 Å². The third-order valence-corrected chi connectivity index (χ3v) is 4.68. The van der Waals surface area contributed by atoms with Gasteiger partial charge in [-0.25, -0.2) is 0 Å². The number of aryl methyl sites for hydroxylation is 2. The maximum absolute atomic E-state index is 12.4. The van der Waals surface area contributed by atoms with Crippen molar-refractivity contribution in [2.45, 2.75) is 20.4 Å². The molecule has 0 aliphatic heterocycles. The predicted molar refractivity (Wildman–Crippen MR) is 103 cm³/mol. The second kappa shape index (κ2) is 6.64. The highest BCUT2D eigenvalue weighted by atomic mass is 16.3. The summed E-state index contributed by atoms with van der Waals surface area (Å²) in [5.41, 5.74) is 8.23. The van der Waals surface area contributed by atoms with Crippen molar-refractivity contribution in [1.29, 1.82) is 0 Å². The zero-order valence-corrected chi connectivity index (χ0v) is 15.1. The molecule has 2 aromatic carbocycles. The van der Waals surface area contributed by atoms with Gasteiger partial charge in [0.15, 0.2) is 5.76 Å². The fraction of sp³-hybridized carbons (Fsp3) is 0.143. The van der Waals surface area contributed by atoms with Crippen molar-refractivity contribution in [2.24, 2.45) is 0 Å². The van der Waals surface area contributed by atoms with Gasteiger partial charge in [0.05, 0.1) is 0 Å². The maximum atomic E-state index is 12.4. The molecule has 4 rings (SSSR count). The average Bonchev–Trinajstić information content (AvgIpc) is 3.17. The molecule has 2 amide bonds. The van der Waals surface area contributed by atoms with Crippen molar-refractivity contribution in [3.05, 3.63) is 71.6 Å². The fourth-order valence-electron chi connectivity index (χ4n) is 3.32. The highest BCUT2D eigenvalue weighted by Crippen LogP contribution is 2.24. The second-order valence-electron chi connectivity index (χ2n) is 6.49. The topological polar surface area (TPSA) is 76.3 Å². The monoisotopic (exact) mass is 361 g/mol. The molecule has 136 valence electrons. The van der Waals surface area contributed by atoms with E-state index in [9.17, 15) is 9.59 Å². The number of nitrogens with one attached hydrogen (secondary N) is 2. The van der Waals surface area contributed by atoms with Crippen molar-refractivity contribution in [2.75, 3.05) is 0 Å². The number of hydrogen-bond donors (Lipinski definition) is 2. The van der Waals surface area contributed by atoms with E-state index in [0.29, 0.717) is 5.58 Å². The third-order valence-electron chi connectivity index (χ3n) is 4.68. The molecule has 0 atom stereocenters. The van der Waals surface area contributed by atoms with Gasteiger partial charge in [0.25, 0.3) is 5.91 Å². The molecule has 2 N–H and O–H groups in total. The summed E-state index contributed by atoms with van der Waals surface area (Å²) in [4.78, 5) is 24.7. The Morgan fingerprint density at radius 2 is 1.74 bits per heavy atom. The molecule has 0 unspecified atom stereocenters. The van der Waals surface area contributed by atoms with Crippen molar-refractivity contribution < 1.29 is 14.0 Å². The first-order chi connectivity index (χ1) is 13.0. The van der Waals surface area contributed by atoms with Gasteiger partial charge < -0.3 is 8.98 Å². The smallest absolute Gasteiger partial charge is 0.305 e. The summed E-state index contributed by atoms with van der Waals surface area (Å²) >= 11 is 0. The van der Waals surface area contributed by atoms with Crippen molar-refractivity contribution in [3.8, 4) is 0 Å². The molecular weight excluding hydrogens is 342 g/mol. The molecule has 27 heavy (non-hydrogen) atoms. The number of benzene rings is 2. The van der Waals surface area contributed by atoms with Gasteiger partial charge in [0.1, 0.15) is 12.1 Å². The van der Waals surface area contributed by atoms with Crippen LogP contribution in [0.4, 0.5) is 0 Å². The molecule has 4 aromatic rings. The number of rotatable bonds is 3. The molecule has 0 saturated carbocycles. The lowest BCUT2D eigenvalue weighted by Gasteiger charge is -2.10. The Morgan fingerprint density at radius 1 is 1.00 bits per heavy atom. The summed E-state index contributed by atoms with van der Waals surface area (Å²) in [6.07, 6.45) is 0. The van der Waals surface area contributed by atoms with Crippen LogP contribution in [0.3, 0.4) is 0 Å². The van der Waals surface area contributed by atoms with Crippen LogP contribution in [0.15, 0.2) is 59.0 Å². The number of hydrogen-bond acceptors (Lipinski definition) is 3. The Kier molecular flexibility index (Phi) is 4.16. The first-order valence-corrected chi connectivity index (χ1v) is 8.67. The first kappa shape index (κ1) is 16.9. The van der Waals surface area contributed by atoms with Crippen LogP contribution in [0.2, 0.25) is 0 Å². The average molecular weight is 361 g/mol. The van der Waals surface area contributed by atoms with E-state index < -0.39 is 5.91 Å². The van der Waals surface area contributed by atoms with Gasteiger partial charge in [-0.3, -0.25) is 20.4 Å². The summed E-state index contributed by atoms with van der Waals surface area (Å²) in [6, 6.07) is 17.3. The highest BCUT2D eigenvalue weighted by molar-refractivity contribution is 5.99. The van der Waals surface area contributed by atoms with E-state index in [1.54, 1.807) is 6.07 Å². The summed E-state index contributed by atoms with van der Waals surface area (Å²) in [5.74, 6) is -0.605. The second-order valence-corrected chi connectivity index (χ2v) is 6.49. The number of nitrogens with zero attached hydrogens (tertiary/aromatic N) is 1. The molecule has 0 aliphatic rings. The molecule has 2 aromatic heterocycles. The number of furan rings is 1. The van der Waals surface area contributed by atoms with E-state index in [0.717, 1.165) is 27.5 Å². The number of hydrazine groups is 1. The van der Waals surface area contributed by atoms with E-state index in [1.165, 1.54) is 0 Å². The number of amides is 2. The van der Waals surface area contributed by atoms with Crippen LogP contribution < -0.4 is 10.9 Å². The molecule has 0 radical (unpaired) electrons. The normalized spacial score (nSPS) is 11.0. The van der Waals surface area contributed by atoms with Crippen LogP contribution in [0.1, 0.15) is 21.8 Å². The van der Waals surface area contributed by atoms with Gasteiger partial charge in [0, 0.05) is 22.2 Å². The maximum Gasteiger partial charge on any atom is 0.305 e. The number of fused-ring (bicyclic) bond motifs is 2. The Bertz CT molecular complexity index is 1170. The van der Waals surface area contributed by atoms with Crippen LogP contribution in [0.5, 0.6) is 0 Å². The van der Waals surface area contributed by atoms with Crippen LogP contribution >= 0.6 is 0 Å². The zero-order valence-electron chi connectivity index (χ0n) is 15.1. The molecule has 6 heteroatoms. The summed E-state index contributed by atoms with van der Waals surface area (Å²) in [7, 11) is 0. The van der Waals surface area contributed by atoms with E-state index in [-0.39, 0.29) is 18.2 Å². The number of carbonyl (C=O) groups excluding carboxylic acids is 2. The van der Waals surface area contributed by atoms with Crippen molar-refractivity contribution >= 4 is 33.7 Å². The van der Waals surface area contributed by atoms with E-state index in [4.69, 9.17) is 4.42 Å². The number of carbonyl (C=O) groups is 2. The fourth-order valence-corrected chi connectivity index (χ4v) is 3.32. The standard InChI is InChI=1S/C21H19N3O3/c1-13-11-15-7-3-5-9-17(15)24(13)12-19(25)22-23-21(26)20-14(2)16-8-4-6-10-18(16)27-20/h3-11H,12H2,1-2H3,(H,22,25)(H,23,26). The first-order valence-electron chi connectivity index (χ1n) is 8.67. The van der Waals surface area contributed by atoms with Gasteiger partial charge in [-0.2, -0.15) is 0 Å². The Hall–Kier alpha value is -3.54. The molecule has 6 nitrogen and oxygen atoms in total. The third kappa shape index (κ3) is 3.06. The molecule has 2 heterocycles. The molecule has 0 bridgehead atoms. The Morgan fingerprint density at radius 3 is 2.56 bits per heavy atom. The lowest BCUT2D eigenvalue weighted by molar-refractivity contribution is -0.122. The van der Waals surface area contributed by atoms with Gasteiger partial charge >= 0.3 is 5.91 Å². The molecule has 0 fully saturated rings. The highest BCUT2D eigenvalue weighted by Gasteiger charge is 2.18. The largest absolute Gasteiger partial charge is 0.451 e. The summed E-state index contributed by atoms with van der Waals surface area (Å²) in [5, 5.41) is 1.95. The van der Waals surface area contributed by atoms with Crippen molar-refractivity contribution in [3.63, 3.8) is 0 Å². The van der Waals surface area contributed by atoms with E-state index in [1.807, 2.05) is 66.9 Å². The minimum Gasteiger partial charge on any atom is -0.451 e. The zero-order chi connectivity index (χ0) is 19.0. The molecule has 0 saturated heterocycles. The lowest BCUT2D eigenvalue weighted by atomic mass is 10.1. The predicted octanol–water partition coefficient (Wildman–Crippen LogP) is 3.47. The van der Waals surface area contributed by atoms with Crippen LogP contribution in [-0.4, -0.2) is 16.4 Å². The minimum absolute atomic E-state index is 0.110. The number of aromatic nitrogens is 1. The van der Waals surface area contributed by atoms with Gasteiger partial charge in [-0.15, -0.1) is 0 Å². The minimum atomic E-state index is -0.480.